The van der Waals surface area contributed by atoms with Crippen LogP contribution in [0, 0.1) is 5.92 Å². The number of aromatic nitrogens is 2. The summed E-state index contributed by atoms with van der Waals surface area (Å²) in [5.74, 6) is 1.86. The number of piperazine rings is 1. The van der Waals surface area contributed by atoms with Crippen LogP contribution in [-0.4, -0.2) is 47.6 Å². The summed E-state index contributed by atoms with van der Waals surface area (Å²) < 4.78 is 0. The van der Waals surface area contributed by atoms with Gasteiger partial charge in [0.05, 0.1) is 6.20 Å². The first-order chi connectivity index (χ1) is 8.33. The predicted octanol–water partition coefficient (Wildman–Crippen LogP) is 1.66. The van der Waals surface area contributed by atoms with E-state index < -0.39 is 0 Å². The van der Waals surface area contributed by atoms with E-state index in [-0.39, 0.29) is 0 Å². The lowest BCUT2D eigenvalue weighted by atomic mass is 10.3. The molecule has 17 heavy (non-hydrogen) atoms. The lowest BCUT2D eigenvalue weighted by Gasteiger charge is -2.35. The standard InChI is InChI=1S/C12H17ClN4/c13-11-7-14-9-15-12(11)17-5-3-16(4-6-17)8-10-1-2-10/h7,9-10H,1-6,8H2. The van der Waals surface area contributed by atoms with Crippen molar-refractivity contribution in [1.29, 1.82) is 0 Å². The highest BCUT2D eigenvalue weighted by molar-refractivity contribution is 6.32. The van der Waals surface area contributed by atoms with Gasteiger partial charge in [0, 0.05) is 32.7 Å². The Bertz CT molecular complexity index is 386. The summed E-state index contributed by atoms with van der Waals surface area (Å²) >= 11 is 6.11. The molecule has 0 unspecified atom stereocenters. The maximum Gasteiger partial charge on any atom is 0.150 e. The Kier molecular flexibility index (Phi) is 3.16. The zero-order valence-corrected chi connectivity index (χ0v) is 10.6. The molecular formula is C12H17ClN4. The first-order valence-electron chi connectivity index (χ1n) is 6.26. The summed E-state index contributed by atoms with van der Waals surface area (Å²) in [6, 6.07) is 0. The Morgan fingerprint density at radius 1 is 1.24 bits per heavy atom. The molecule has 1 aromatic rings. The van der Waals surface area contributed by atoms with Gasteiger partial charge in [0.15, 0.2) is 5.82 Å². The van der Waals surface area contributed by atoms with Gasteiger partial charge in [-0.05, 0) is 18.8 Å². The van der Waals surface area contributed by atoms with Gasteiger partial charge < -0.3 is 4.90 Å². The normalized spacial score (nSPS) is 21.8. The second-order valence-corrected chi connectivity index (χ2v) is 5.33. The van der Waals surface area contributed by atoms with Crippen LogP contribution in [0.25, 0.3) is 0 Å². The largest absolute Gasteiger partial charge is 0.353 e. The summed E-state index contributed by atoms with van der Waals surface area (Å²) in [4.78, 5) is 13.0. The van der Waals surface area contributed by atoms with Crippen molar-refractivity contribution in [1.82, 2.24) is 14.9 Å². The molecular weight excluding hydrogens is 236 g/mol. The average molecular weight is 253 g/mol. The fourth-order valence-corrected chi connectivity index (χ4v) is 2.57. The van der Waals surface area contributed by atoms with Crippen molar-refractivity contribution in [2.75, 3.05) is 37.6 Å². The third-order valence-corrected chi connectivity index (χ3v) is 3.80. The van der Waals surface area contributed by atoms with Gasteiger partial charge in [-0.15, -0.1) is 0 Å². The second kappa shape index (κ2) is 4.78. The van der Waals surface area contributed by atoms with Crippen molar-refractivity contribution in [2.45, 2.75) is 12.8 Å². The molecule has 2 aliphatic rings. The van der Waals surface area contributed by atoms with Crippen LogP contribution in [0.2, 0.25) is 5.02 Å². The molecule has 4 nitrogen and oxygen atoms in total. The SMILES string of the molecule is Clc1cncnc1N1CCN(CC2CC2)CC1. The van der Waals surface area contributed by atoms with E-state index in [9.17, 15) is 0 Å². The first-order valence-corrected chi connectivity index (χ1v) is 6.63. The molecule has 0 aromatic carbocycles. The molecule has 5 heteroatoms. The van der Waals surface area contributed by atoms with Gasteiger partial charge in [-0.3, -0.25) is 4.90 Å². The van der Waals surface area contributed by atoms with E-state index in [0.29, 0.717) is 5.02 Å². The Hall–Kier alpha value is -0.870. The smallest absolute Gasteiger partial charge is 0.150 e. The van der Waals surface area contributed by atoms with Gasteiger partial charge in [-0.25, -0.2) is 9.97 Å². The van der Waals surface area contributed by atoms with E-state index in [1.807, 2.05) is 0 Å². The topological polar surface area (TPSA) is 32.3 Å². The van der Waals surface area contributed by atoms with E-state index in [1.54, 1.807) is 12.5 Å². The maximum absolute atomic E-state index is 6.11. The minimum absolute atomic E-state index is 0.656. The Labute approximate surface area is 107 Å². The number of hydrogen-bond acceptors (Lipinski definition) is 4. The number of halogens is 1. The van der Waals surface area contributed by atoms with Crippen molar-refractivity contribution in [3.63, 3.8) is 0 Å². The van der Waals surface area contributed by atoms with Gasteiger partial charge in [-0.2, -0.15) is 0 Å². The summed E-state index contributed by atoms with van der Waals surface area (Å²) in [6.45, 7) is 5.56. The van der Waals surface area contributed by atoms with E-state index in [2.05, 4.69) is 19.8 Å². The summed E-state index contributed by atoms with van der Waals surface area (Å²) in [5.41, 5.74) is 0. The van der Waals surface area contributed by atoms with Gasteiger partial charge in [0.1, 0.15) is 11.3 Å². The molecule has 0 radical (unpaired) electrons. The van der Waals surface area contributed by atoms with Crippen LogP contribution in [0.3, 0.4) is 0 Å². The molecule has 0 atom stereocenters. The number of hydrogen-bond donors (Lipinski definition) is 0. The van der Waals surface area contributed by atoms with Crippen molar-refractivity contribution >= 4 is 17.4 Å². The number of nitrogens with zero attached hydrogens (tertiary/aromatic N) is 4. The lowest BCUT2D eigenvalue weighted by molar-refractivity contribution is 0.247. The van der Waals surface area contributed by atoms with Gasteiger partial charge in [-0.1, -0.05) is 11.6 Å². The van der Waals surface area contributed by atoms with Crippen LogP contribution >= 0.6 is 11.6 Å². The fraction of sp³-hybridized carbons (Fsp3) is 0.667. The molecule has 2 heterocycles. The van der Waals surface area contributed by atoms with E-state index in [1.165, 1.54) is 19.4 Å². The Morgan fingerprint density at radius 3 is 2.65 bits per heavy atom. The van der Waals surface area contributed by atoms with Gasteiger partial charge in [0.2, 0.25) is 0 Å². The molecule has 0 spiro atoms. The summed E-state index contributed by atoms with van der Waals surface area (Å²) in [7, 11) is 0. The number of anilines is 1. The summed E-state index contributed by atoms with van der Waals surface area (Å²) in [5, 5.41) is 0.656. The van der Waals surface area contributed by atoms with Crippen molar-refractivity contribution in [3.05, 3.63) is 17.5 Å². The lowest BCUT2D eigenvalue weighted by Crippen LogP contribution is -2.47. The van der Waals surface area contributed by atoms with Crippen LogP contribution in [-0.2, 0) is 0 Å². The highest BCUT2D eigenvalue weighted by Gasteiger charge is 2.27. The van der Waals surface area contributed by atoms with E-state index >= 15 is 0 Å². The molecule has 92 valence electrons. The maximum atomic E-state index is 6.11. The van der Waals surface area contributed by atoms with Crippen LogP contribution in [0.4, 0.5) is 5.82 Å². The third kappa shape index (κ3) is 2.69. The van der Waals surface area contributed by atoms with Crippen LogP contribution in [0.1, 0.15) is 12.8 Å². The molecule has 1 aliphatic carbocycles. The van der Waals surface area contributed by atoms with Gasteiger partial charge in [0.25, 0.3) is 0 Å². The van der Waals surface area contributed by atoms with E-state index in [0.717, 1.165) is 37.9 Å². The molecule has 1 aliphatic heterocycles. The highest BCUT2D eigenvalue weighted by atomic mass is 35.5. The summed E-state index contributed by atoms with van der Waals surface area (Å²) in [6.07, 6.45) is 6.09. The molecule has 0 amide bonds. The molecule has 2 fully saturated rings. The second-order valence-electron chi connectivity index (χ2n) is 4.93. The van der Waals surface area contributed by atoms with Crippen LogP contribution in [0.15, 0.2) is 12.5 Å². The molecule has 0 bridgehead atoms. The highest BCUT2D eigenvalue weighted by Crippen LogP contribution is 2.30. The van der Waals surface area contributed by atoms with Crippen molar-refractivity contribution in [3.8, 4) is 0 Å². The van der Waals surface area contributed by atoms with Crippen LogP contribution < -0.4 is 4.90 Å². The zero-order valence-electron chi connectivity index (χ0n) is 9.85. The Morgan fingerprint density at radius 2 is 2.00 bits per heavy atom. The van der Waals surface area contributed by atoms with E-state index in [4.69, 9.17) is 11.6 Å². The number of rotatable bonds is 3. The zero-order chi connectivity index (χ0) is 11.7. The van der Waals surface area contributed by atoms with Crippen LogP contribution in [0.5, 0.6) is 0 Å². The quantitative estimate of drug-likeness (QED) is 0.819. The third-order valence-electron chi connectivity index (χ3n) is 3.53. The average Bonchev–Trinajstić information content (AvgIpc) is 3.15. The van der Waals surface area contributed by atoms with Crippen molar-refractivity contribution in [2.24, 2.45) is 5.92 Å². The Balaban J connectivity index is 1.58. The minimum atomic E-state index is 0.656. The van der Waals surface area contributed by atoms with Crippen molar-refractivity contribution < 1.29 is 0 Å². The molecule has 0 N–H and O–H groups in total. The first kappa shape index (κ1) is 11.2. The monoisotopic (exact) mass is 252 g/mol. The molecule has 1 aromatic heterocycles. The minimum Gasteiger partial charge on any atom is -0.353 e. The molecule has 3 rings (SSSR count). The van der Waals surface area contributed by atoms with Gasteiger partial charge >= 0.3 is 0 Å². The molecule has 1 saturated carbocycles. The predicted molar refractivity (Wildman–Crippen MR) is 68.4 cm³/mol. The fourth-order valence-electron chi connectivity index (χ4n) is 2.35. The molecule has 1 saturated heterocycles.